The lowest BCUT2D eigenvalue weighted by Crippen LogP contribution is -2.27. The smallest absolute Gasteiger partial charge is 0.341 e. The summed E-state index contributed by atoms with van der Waals surface area (Å²) in [6.07, 6.45) is 1.63. The van der Waals surface area contributed by atoms with E-state index in [2.05, 4.69) is 15.9 Å². The Hall–Kier alpha value is -2.58. The fraction of sp³-hybridized carbons (Fsp3) is 0.105. The van der Waals surface area contributed by atoms with Gasteiger partial charge in [0.25, 0.3) is 11.1 Å². The molecule has 3 rings (SSSR count). The van der Waals surface area contributed by atoms with Crippen molar-refractivity contribution in [1.82, 2.24) is 4.90 Å². The minimum Gasteiger partial charge on any atom is -0.482 e. The van der Waals surface area contributed by atoms with Gasteiger partial charge in [0.15, 0.2) is 6.61 Å². The summed E-state index contributed by atoms with van der Waals surface area (Å²) in [4.78, 5) is 36.8. The highest BCUT2D eigenvalue weighted by atomic mass is 79.9. The maximum atomic E-state index is 12.6. The van der Waals surface area contributed by atoms with E-state index >= 15 is 0 Å². The summed E-state index contributed by atoms with van der Waals surface area (Å²) < 4.78 is 5.95. The van der Waals surface area contributed by atoms with Crippen molar-refractivity contribution in [2.45, 2.75) is 6.54 Å². The molecule has 6 nitrogen and oxygen atoms in total. The summed E-state index contributed by atoms with van der Waals surface area (Å²) >= 11 is 4.27. The van der Waals surface area contributed by atoms with Crippen LogP contribution in [0, 0.1) is 0 Å². The van der Waals surface area contributed by atoms with Crippen molar-refractivity contribution in [3.8, 4) is 5.75 Å². The molecule has 1 saturated heterocycles. The Kier molecular flexibility index (Phi) is 5.98. The Morgan fingerprint density at radius 1 is 1.19 bits per heavy atom. The van der Waals surface area contributed by atoms with Crippen LogP contribution in [0.5, 0.6) is 5.75 Å². The van der Waals surface area contributed by atoms with Crippen LogP contribution in [-0.4, -0.2) is 33.7 Å². The number of benzene rings is 2. The number of aliphatic carboxylic acids is 1. The van der Waals surface area contributed by atoms with Gasteiger partial charge in [0.05, 0.1) is 11.4 Å². The number of carboxylic acids is 1. The number of halogens is 1. The van der Waals surface area contributed by atoms with Crippen molar-refractivity contribution in [3.63, 3.8) is 0 Å². The highest BCUT2D eigenvalue weighted by Gasteiger charge is 2.34. The van der Waals surface area contributed by atoms with Gasteiger partial charge >= 0.3 is 5.97 Å². The molecular formula is C19H14BrNO5S. The first-order chi connectivity index (χ1) is 12.9. The first-order valence-corrected chi connectivity index (χ1v) is 9.48. The zero-order valence-corrected chi connectivity index (χ0v) is 16.3. The van der Waals surface area contributed by atoms with Crippen molar-refractivity contribution in [2.24, 2.45) is 0 Å². The molecule has 0 unspecified atom stereocenters. The molecule has 2 amide bonds. The molecule has 2 aromatic rings. The predicted octanol–water partition coefficient (Wildman–Crippen LogP) is 4.15. The molecular weight excluding hydrogens is 434 g/mol. The summed E-state index contributed by atoms with van der Waals surface area (Å²) in [5.41, 5.74) is 1.57. The van der Waals surface area contributed by atoms with Crippen molar-refractivity contribution in [1.29, 1.82) is 0 Å². The van der Waals surface area contributed by atoms with Gasteiger partial charge in [-0.25, -0.2) is 4.79 Å². The first-order valence-electron chi connectivity index (χ1n) is 7.87. The number of rotatable bonds is 6. The summed E-state index contributed by atoms with van der Waals surface area (Å²) in [5, 5.41) is 8.29. The maximum Gasteiger partial charge on any atom is 0.341 e. The van der Waals surface area contributed by atoms with E-state index in [4.69, 9.17) is 9.84 Å². The van der Waals surface area contributed by atoms with E-state index in [9.17, 15) is 14.4 Å². The van der Waals surface area contributed by atoms with E-state index in [0.717, 1.165) is 21.8 Å². The number of imide groups is 1. The molecule has 27 heavy (non-hydrogen) atoms. The second-order valence-electron chi connectivity index (χ2n) is 5.65. The number of hydrogen-bond donors (Lipinski definition) is 1. The van der Waals surface area contributed by atoms with Crippen LogP contribution in [0.3, 0.4) is 0 Å². The lowest BCUT2D eigenvalue weighted by atomic mass is 10.2. The third-order valence-corrected chi connectivity index (χ3v) is 5.04. The van der Waals surface area contributed by atoms with Crippen LogP contribution in [0.25, 0.3) is 6.08 Å². The Morgan fingerprint density at radius 2 is 1.93 bits per heavy atom. The molecule has 0 radical (unpaired) electrons. The number of nitrogens with zero attached hydrogens (tertiary/aromatic N) is 1. The van der Waals surface area contributed by atoms with E-state index in [1.54, 1.807) is 30.3 Å². The molecule has 8 heteroatoms. The molecule has 2 aromatic carbocycles. The van der Waals surface area contributed by atoms with Crippen molar-refractivity contribution in [2.75, 3.05) is 6.61 Å². The van der Waals surface area contributed by atoms with E-state index in [-0.39, 0.29) is 17.7 Å². The highest BCUT2D eigenvalue weighted by molar-refractivity contribution is 9.10. The SMILES string of the molecule is O=C(O)COc1ccc(/C=C2/SC(=O)N(Cc3cccc(Br)c3)C2=O)cc1. The van der Waals surface area contributed by atoms with Crippen LogP contribution in [0.2, 0.25) is 0 Å². The van der Waals surface area contributed by atoms with Crippen LogP contribution in [0.1, 0.15) is 11.1 Å². The molecule has 138 valence electrons. The van der Waals surface area contributed by atoms with Crippen LogP contribution in [0.15, 0.2) is 57.9 Å². The number of amides is 2. The van der Waals surface area contributed by atoms with Gasteiger partial charge in [-0.2, -0.15) is 0 Å². The minimum absolute atomic E-state index is 0.212. The molecule has 1 aliphatic rings. The van der Waals surface area contributed by atoms with Crippen LogP contribution < -0.4 is 4.74 Å². The van der Waals surface area contributed by atoms with E-state index in [0.29, 0.717) is 16.2 Å². The number of ether oxygens (including phenoxy) is 1. The van der Waals surface area contributed by atoms with Crippen LogP contribution >= 0.6 is 27.7 Å². The Labute approximate surface area is 167 Å². The largest absolute Gasteiger partial charge is 0.482 e. The molecule has 1 aliphatic heterocycles. The second-order valence-corrected chi connectivity index (χ2v) is 7.56. The predicted molar refractivity (Wildman–Crippen MR) is 105 cm³/mol. The number of thioether (sulfide) groups is 1. The van der Waals surface area contributed by atoms with Gasteiger partial charge in [0.1, 0.15) is 5.75 Å². The van der Waals surface area contributed by atoms with Gasteiger partial charge in [0.2, 0.25) is 0 Å². The highest BCUT2D eigenvalue weighted by Crippen LogP contribution is 2.33. The molecule has 0 bridgehead atoms. The van der Waals surface area contributed by atoms with Crippen LogP contribution in [-0.2, 0) is 16.1 Å². The van der Waals surface area contributed by atoms with Gasteiger partial charge in [-0.05, 0) is 53.2 Å². The lowest BCUT2D eigenvalue weighted by Gasteiger charge is -2.12. The molecule has 1 N–H and O–H groups in total. The second kappa shape index (κ2) is 8.41. The first kappa shape index (κ1) is 19.2. The standard InChI is InChI=1S/C19H14BrNO5S/c20-14-3-1-2-13(8-14)10-21-18(24)16(27-19(21)25)9-12-4-6-15(7-5-12)26-11-17(22)23/h1-9H,10-11H2,(H,22,23)/b16-9+. The monoisotopic (exact) mass is 447 g/mol. The quantitative estimate of drug-likeness (QED) is 0.669. The third kappa shape index (κ3) is 4.99. The Morgan fingerprint density at radius 3 is 2.59 bits per heavy atom. The number of carbonyl (C=O) groups is 3. The zero-order valence-electron chi connectivity index (χ0n) is 13.9. The molecule has 0 aromatic heterocycles. The fourth-order valence-corrected chi connectivity index (χ4v) is 3.70. The molecule has 1 heterocycles. The van der Waals surface area contributed by atoms with E-state index < -0.39 is 12.6 Å². The normalized spacial score (nSPS) is 15.4. The number of carbonyl (C=O) groups excluding carboxylic acids is 2. The van der Waals surface area contributed by atoms with Gasteiger partial charge in [-0.3, -0.25) is 14.5 Å². The van der Waals surface area contributed by atoms with Gasteiger partial charge < -0.3 is 9.84 Å². The van der Waals surface area contributed by atoms with Crippen LogP contribution in [0.4, 0.5) is 4.79 Å². The van der Waals surface area contributed by atoms with Gasteiger partial charge in [0, 0.05) is 4.47 Å². The Balaban J connectivity index is 1.71. The van der Waals surface area contributed by atoms with Gasteiger partial charge in [-0.1, -0.05) is 40.2 Å². The Bertz CT molecular complexity index is 926. The molecule has 1 fully saturated rings. The van der Waals surface area contributed by atoms with Crippen molar-refractivity contribution < 1.29 is 24.2 Å². The maximum absolute atomic E-state index is 12.6. The average Bonchev–Trinajstić information content (AvgIpc) is 2.89. The fourth-order valence-electron chi connectivity index (χ4n) is 2.41. The summed E-state index contributed by atoms with van der Waals surface area (Å²) in [6, 6.07) is 14.1. The molecule has 0 saturated carbocycles. The number of carboxylic acid groups (broad SMARTS) is 1. The zero-order chi connectivity index (χ0) is 19.4. The molecule has 0 atom stereocenters. The van der Waals surface area contributed by atoms with Crippen molar-refractivity contribution >= 4 is 50.9 Å². The lowest BCUT2D eigenvalue weighted by molar-refractivity contribution is -0.139. The topological polar surface area (TPSA) is 83.9 Å². The summed E-state index contributed by atoms with van der Waals surface area (Å²) in [7, 11) is 0. The minimum atomic E-state index is -1.06. The summed E-state index contributed by atoms with van der Waals surface area (Å²) in [6.45, 7) is -0.211. The number of hydrogen-bond acceptors (Lipinski definition) is 5. The molecule has 0 aliphatic carbocycles. The van der Waals surface area contributed by atoms with E-state index in [1.165, 1.54) is 4.90 Å². The average molecular weight is 448 g/mol. The van der Waals surface area contributed by atoms with Crippen molar-refractivity contribution in [3.05, 3.63) is 69.0 Å². The summed E-state index contributed by atoms with van der Waals surface area (Å²) in [5.74, 6) is -0.980. The van der Waals surface area contributed by atoms with E-state index in [1.807, 2.05) is 24.3 Å². The molecule has 0 spiro atoms. The van der Waals surface area contributed by atoms with Gasteiger partial charge in [-0.15, -0.1) is 0 Å². The third-order valence-electron chi connectivity index (χ3n) is 3.64.